The Morgan fingerprint density at radius 3 is 2.23 bits per heavy atom. The van der Waals surface area contributed by atoms with Gasteiger partial charge in [-0.3, -0.25) is 0 Å². The van der Waals surface area contributed by atoms with Gasteiger partial charge in [-0.25, -0.2) is 8.42 Å². The van der Waals surface area contributed by atoms with Crippen LogP contribution < -0.4 is 5.73 Å². The fraction of sp³-hybridized carbons (Fsp3) is 0.294. The van der Waals surface area contributed by atoms with E-state index in [1.165, 1.54) is 6.07 Å². The van der Waals surface area contributed by atoms with Gasteiger partial charge in [-0.15, -0.1) is 12.4 Å². The van der Waals surface area contributed by atoms with Crippen molar-refractivity contribution in [2.24, 2.45) is 5.73 Å². The lowest BCUT2D eigenvalue weighted by Crippen LogP contribution is -2.32. The summed E-state index contributed by atoms with van der Waals surface area (Å²) in [5, 5.41) is 0. The molecule has 0 saturated heterocycles. The van der Waals surface area contributed by atoms with E-state index in [1.54, 1.807) is 30.3 Å². The summed E-state index contributed by atoms with van der Waals surface area (Å²) >= 11 is 0. The molecule has 0 saturated carbocycles. The summed E-state index contributed by atoms with van der Waals surface area (Å²) in [7, 11) is -4.08. The SMILES string of the molecule is Cl.NCCCN(Cc1ccccc1)S(=O)(=O)c1cccc(C(F)(F)F)c1. The predicted octanol–water partition coefficient (Wildman–Crippen LogP) is 3.67. The molecule has 0 radical (unpaired) electrons. The molecule has 0 fully saturated rings. The van der Waals surface area contributed by atoms with Crippen molar-refractivity contribution in [3.63, 3.8) is 0 Å². The van der Waals surface area contributed by atoms with Crippen molar-refractivity contribution in [1.82, 2.24) is 4.31 Å². The van der Waals surface area contributed by atoms with Gasteiger partial charge in [-0.2, -0.15) is 17.5 Å². The van der Waals surface area contributed by atoms with E-state index in [-0.39, 0.29) is 36.9 Å². The van der Waals surface area contributed by atoms with Crippen LogP contribution in [0.25, 0.3) is 0 Å². The van der Waals surface area contributed by atoms with Crippen LogP contribution >= 0.6 is 12.4 Å². The molecule has 4 nitrogen and oxygen atoms in total. The molecule has 0 aliphatic rings. The van der Waals surface area contributed by atoms with E-state index in [0.717, 1.165) is 22.0 Å². The molecule has 0 spiro atoms. The number of hydrogen-bond acceptors (Lipinski definition) is 3. The van der Waals surface area contributed by atoms with E-state index in [4.69, 9.17) is 5.73 Å². The molecule has 0 aliphatic carbocycles. The average Bonchev–Trinajstić information content (AvgIpc) is 2.58. The molecule has 0 heterocycles. The van der Waals surface area contributed by atoms with E-state index < -0.39 is 21.8 Å². The molecule has 0 atom stereocenters. The topological polar surface area (TPSA) is 63.4 Å². The zero-order valence-electron chi connectivity index (χ0n) is 13.8. The Balaban J connectivity index is 0.00000338. The van der Waals surface area contributed by atoms with Gasteiger partial charge in [-0.05, 0) is 36.7 Å². The Morgan fingerprint density at radius 2 is 1.65 bits per heavy atom. The lowest BCUT2D eigenvalue weighted by Gasteiger charge is -2.22. The standard InChI is InChI=1S/C17H19F3N2O2S.ClH/c18-17(19,20)15-8-4-9-16(12-15)25(23,24)22(11-5-10-21)13-14-6-2-1-3-7-14;/h1-4,6-9,12H,5,10-11,13,21H2;1H. The summed E-state index contributed by atoms with van der Waals surface area (Å²) in [5.41, 5.74) is 5.22. The zero-order chi connectivity index (χ0) is 18.5. The second kappa shape index (κ2) is 9.36. The van der Waals surface area contributed by atoms with Gasteiger partial charge in [-0.1, -0.05) is 36.4 Å². The highest BCUT2D eigenvalue weighted by molar-refractivity contribution is 7.89. The van der Waals surface area contributed by atoms with Gasteiger partial charge in [0.1, 0.15) is 0 Å². The molecule has 26 heavy (non-hydrogen) atoms. The normalized spacial score (nSPS) is 12.0. The Labute approximate surface area is 157 Å². The second-order valence-electron chi connectivity index (χ2n) is 5.49. The minimum Gasteiger partial charge on any atom is -0.330 e. The molecule has 2 aromatic rings. The van der Waals surface area contributed by atoms with E-state index in [2.05, 4.69) is 0 Å². The monoisotopic (exact) mass is 408 g/mol. The lowest BCUT2D eigenvalue weighted by atomic mass is 10.2. The number of hydrogen-bond donors (Lipinski definition) is 1. The largest absolute Gasteiger partial charge is 0.416 e. The van der Waals surface area contributed by atoms with Gasteiger partial charge in [0.05, 0.1) is 10.5 Å². The van der Waals surface area contributed by atoms with Crippen LogP contribution in [-0.4, -0.2) is 25.8 Å². The Kier molecular flexibility index (Phi) is 8.08. The van der Waals surface area contributed by atoms with Gasteiger partial charge in [0.2, 0.25) is 10.0 Å². The van der Waals surface area contributed by atoms with Crippen molar-refractivity contribution in [1.29, 1.82) is 0 Å². The average molecular weight is 409 g/mol. The van der Waals surface area contributed by atoms with Gasteiger partial charge in [0.15, 0.2) is 0 Å². The van der Waals surface area contributed by atoms with Gasteiger partial charge < -0.3 is 5.73 Å². The Hall–Kier alpha value is -1.61. The molecular formula is C17H20ClF3N2O2S. The molecule has 0 aliphatic heterocycles. The summed E-state index contributed by atoms with van der Waals surface area (Å²) in [6.45, 7) is 0.479. The molecule has 144 valence electrons. The van der Waals surface area contributed by atoms with Crippen LogP contribution in [0.1, 0.15) is 17.5 Å². The van der Waals surface area contributed by atoms with E-state index in [1.807, 2.05) is 0 Å². The van der Waals surface area contributed by atoms with Crippen LogP contribution in [0.2, 0.25) is 0 Å². The van der Waals surface area contributed by atoms with Crippen LogP contribution in [0, 0.1) is 0 Å². The number of benzene rings is 2. The van der Waals surface area contributed by atoms with Crippen LogP contribution in [-0.2, 0) is 22.7 Å². The van der Waals surface area contributed by atoms with Crippen LogP contribution in [0.4, 0.5) is 13.2 Å². The van der Waals surface area contributed by atoms with Crippen molar-refractivity contribution in [3.05, 3.63) is 65.7 Å². The van der Waals surface area contributed by atoms with Gasteiger partial charge in [0.25, 0.3) is 0 Å². The van der Waals surface area contributed by atoms with Gasteiger partial charge in [0, 0.05) is 13.1 Å². The third-order valence-electron chi connectivity index (χ3n) is 3.61. The maximum atomic E-state index is 12.9. The third-order valence-corrected chi connectivity index (χ3v) is 5.45. The minimum absolute atomic E-state index is 0. The fourth-order valence-corrected chi connectivity index (χ4v) is 3.83. The molecule has 2 aromatic carbocycles. The van der Waals surface area contributed by atoms with E-state index in [9.17, 15) is 21.6 Å². The molecule has 9 heteroatoms. The number of sulfonamides is 1. The van der Waals surface area contributed by atoms with Crippen LogP contribution in [0.15, 0.2) is 59.5 Å². The van der Waals surface area contributed by atoms with Gasteiger partial charge >= 0.3 is 6.18 Å². The maximum Gasteiger partial charge on any atom is 0.416 e. The van der Waals surface area contributed by atoms with Crippen molar-refractivity contribution >= 4 is 22.4 Å². The smallest absolute Gasteiger partial charge is 0.330 e. The predicted molar refractivity (Wildman–Crippen MR) is 96.4 cm³/mol. The molecular weight excluding hydrogens is 389 g/mol. The molecule has 0 aromatic heterocycles. The highest BCUT2D eigenvalue weighted by Gasteiger charge is 2.33. The summed E-state index contributed by atoms with van der Waals surface area (Å²) in [4.78, 5) is -0.379. The first-order valence-electron chi connectivity index (χ1n) is 7.66. The third kappa shape index (κ3) is 5.70. The highest BCUT2D eigenvalue weighted by Crippen LogP contribution is 2.31. The summed E-state index contributed by atoms with van der Waals surface area (Å²) in [6, 6.07) is 12.6. The van der Waals surface area contributed by atoms with Crippen LogP contribution in [0.5, 0.6) is 0 Å². The Morgan fingerprint density at radius 1 is 1.00 bits per heavy atom. The number of alkyl halides is 3. The fourth-order valence-electron chi connectivity index (χ4n) is 2.32. The summed E-state index contributed by atoms with van der Waals surface area (Å²) < 4.78 is 65.5. The van der Waals surface area contributed by atoms with E-state index >= 15 is 0 Å². The number of nitrogens with two attached hydrogens (primary N) is 1. The molecule has 0 amide bonds. The molecule has 0 bridgehead atoms. The highest BCUT2D eigenvalue weighted by atomic mass is 35.5. The number of halogens is 4. The maximum absolute atomic E-state index is 12.9. The van der Waals surface area contributed by atoms with E-state index in [0.29, 0.717) is 12.5 Å². The molecule has 2 rings (SSSR count). The first-order valence-corrected chi connectivity index (χ1v) is 9.10. The molecule has 2 N–H and O–H groups in total. The number of rotatable bonds is 7. The quantitative estimate of drug-likeness (QED) is 0.760. The second-order valence-corrected chi connectivity index (χ2v) is 7.43. The lowest BCUT2D eigenvalue weighted by molar-refractivity contribution is -0.137. The first-order chi connectivity index (χ1) is 11.7. The summed E-state index contributed by atoms with van der Waals surface area (Å²) in [5.74, 6) is 0. The van der Waals surface area contributed by atoms with Crippen molar-refractivity contribution in [2.75, 3.05) is 13.1 Å². The Bertz CT molecular complexity index is 799. The zero-order valence-corrected chi connectivity index (χ0v) is 15.4. The minimum atomic E-state index is -4.60. The first kappa shape index (κ1) is 22.4. The number of nitrogens with zero attached hydrogens (tertiary/aromatic N) is 1. The van der Waals surface area contributed by atoms with Crippen molar-refractivity contribution < 1.29 is 21.6 Å². The van der Waals surface area contributed by atoms with Crippen molar-refractivity contribution in [3.8, 4) is 0 Å². The molecule has 0 unspecified atom stereocenters. The van der Waals surface area contributed by atoms with Crippen LogP contribution in [0.3, 0.4) is 0 Å². The summed E-state index contributed by atoms with van der Waals surface area (Å²) in [6.07, 6.45) is -4.20. The van der Waals surface area contributed by atoms with Crippen molar-refractivity contribution in [2.45, 2.75) is 24.0 Å².